The second kappa shape index (κ2) is 9.75. The van der Waals surface area contributed by atoms with Gasteiger partial charge < -0.3 is 15.5 Å². The van der Waals surface area contributed by atoms with Gasteiger partial charge in [0.25, 0.3) is 0 Å². The number of benzene rings is 2. The van der Waals surface area contributed by atoms with Crippen molar-refractivity contribution in [2.75, 3.05) is 28.6 Å². The fourth-order valence-electron chi connectivity index (χ4n) is 3.43. The maximum Gasteiger partial charge on any atom is 0.233 e. The lowest BCUT2D eigenvalue weighted by molar-refractivity contribution is 0.101. The van der Waals surface area contributed by atoms with E-state index in [1.165, 1.54) is 11.1 Å². The number of hydrogen-bond donors (Lipinski definition) is 2. The van der Waals surface area contributed by atoms with Gasteiger partial charge in [0.15, 0.2) is 5.78 Å². The van der Waals surface area contributed by atoms with Crippen LogP contribution in [-0.4, -0.2) is 33.8 Å². The highest BCUT2D eigenvalue weighted by atomic mass is 35.5. The molecule has 0 spiro atoms. The Kier molecular flexibility index (Phi) is 7.07. The number of aromatic nitrogens is 3. The van der Waals surface area contributed by atoms with E-state index in [0.29, 0.717) is 23.4 Å². The minimum absolute atomic E-state index is 0. The van der Waals surface area contributed by atoms with Gasteiger partial charge in [-0.05, 0) is 69.0 Å². The molecule has 0 saturated carbocycles. The number of rotatable bonds is 6. The first-order valence-corrected chi connectivity index (χ1v) is 10.2. The van der Waals surface area contributed by atoms with Crippen LogP contribution in [0.4, 0.5) is 29.2 Å². The lowest BCUT2D eigenvalue weighted by Crippen LogP contribution is -2.21. The fourth-order valence-corrected chi connectivity index (χ4v) is 3.43. The van der Waals surface area contributed by atoms with Crippen molar-refractivity contribution in [2.24, 2.45) is 0 Å². The first-order chi connectivity index (χ1) is 14.5. The molecule has 162 valence electrons. The molecule has 2 heterocycles. The first-order valence-electron chi connectivity index (χ1n) is 10.2. The molecule has 1 aliphatic heterocycles. The number of nitrogens with zero attached hydrogens (tertiary/aromatic N) is 4. The van der Waals surface area contributed by atoms with Crippen LogP contribution < -0.4 is 15.5 Å². The average Bonchev–Trinajstić information content (AvgIpc) is 3.26. The highest BCUT2D eigenvalue weighted by Gasteiger charge is 2.18. The maximum atomic E-state index is 11.7. The van der Waals surface area contributed by atoms with Gasteiger partial charge in [-0.2, -0.15) is 15.0 Å². The monoisotopic (exact) mass is 438 g/mol. The third-order valence-electron chi connectivity index (χ3n) is 5.30. The van der Waals surface area contributed by atoms with Crippen molar-refractivity contribution < 1.29 is 4.79 Å². The molecule has 1 aromatic heterocycles. The second-order valence-electron chi connectivity index (χ2n) is 7.66. The van der Waals surface area contributed by atoms with E-state index in [9.17, 15) is 4.79 Å². The predicted molar refractivity (Wildman–Crippen MR) is 127 cm³/mol. The molecule has 1 aliphatic rings. The van der Waals surface area contributed by atoms with Crippen LogP contribution in [0.5, 0.6) is 0 Å². The standard InChI is InChI=1S/C23H26N6O.ClH/c1-15-9-10-20(13-16(15)2)25-22-26-21(27-23(28-22)29-11-4-5-12-29)24-19-8-6-7-18(14-19)17(3)30;/h6-10,13-14H,4-5,11-12H2,1-3H3,(H2,24,25,26,27,28);1H. The largest absolute Gasteiger partial charge is 0.341 e. The zero-order chi connectivity index (χ0) is 21.1. The SMILES string of the molecule is CC(=O)c1cccc(Nc2nc(Nc3ccc(C)c(C)c3)nc(N3CCCC3)n2)c1.Cl. The van der Waals surface area contributed by atoms with E-state index in [1.807, 2.05) is 18.2 Å². The van der Waals surface area contributed by atoms with Gasteiger partial charge in [0.2, 0.25) is 17.8 Å². The third kappa shape index (κ3) is 5.49. The third-order valence-corrected chi connectivity index (χ3v) is 5.30. The van der Waals surface area contributed by atoms with Crippen molar-refractivity contribution in [2.45, 2.75) is 33.6 Å². The molecular formula is C23H27ClN6O. The molecule has 3 aromatic rings. The summed E-state index contributed by atoms with van der Waals surface area (Å²) in [6.45, 7) is 7.60. The summed E-state index contributed by atoms with van der Waals surface area (Å²) >= 11 is 0. The highest BCUT2D eigenvalue weighted by molar-refractivity contribution is 5.95. The highest BCUT2D eigenvalue weighted by Crippen LogP contribution is 2.24. The molecule has 0 bridgehead atoms. The molecular weight excluding hydrogens is 412 g/mol. The number of carbonyl (C=O) groups excluding carboxylic acids is 1. The molecule has 0 amide bonds. The van der Waals surface area contributed by atoms with E-state index in [0.717, 1.165) is 37.3 Å². The second-order valence-corrected chi connectivity index (χ2v) is 7.66. The molecule has 0 aliphatic carbocycles. The van der Waals surface area contributed by atoms with Crippen molar-refractivity contribution in [1.29, 1.82) is 0 Å². The van der Waals surface area contributed by atoms with Crippen LogP contribution in [0, 0.1) is 13.8 Å². The lowest BCUT2D eigenvalue weighted by Gasteiger charge is -2.17. The van der Waals surface area contributed by atoms with Crippen molar-refractivity contribution in [3.05, 3.63) is 59.2 Å². The molecule has 8 heteroatoms. The molecule has 7 nitrogen and oxygen atoms in total. The summed E-state index contributed by atoms with van der Waals surface area (Å²) < 4.78 is 0. The topological polar surface area (TPSA) is 83.0 Å². The van der Waals surface area contributed by atoms with Crippen molar-refractivity contribution in [3.63, 3.8) is 0 Å². The van der Waals surface area contributed by atoms with Crippen molar-refractivity contribution in [1.82, 2.24) is 15.0 Å². The quantitative estimate of drug-likeness (QED) is 0.511. The lowest BCUT2D eigenvalue weighted by atomic mass is 10.1. The molecule has 1 fully saturated rings. The Balaban J connectivity index is 0.00000272. The predicted octanol–water partition coefficient (Wildman–Crippen LogP) is 5.20. The Labute approximate surface area is 188 Å². The number of hydrogen-bond acceptors (Lipinski definition) is 7. The van der Waals surface area contributed by atoms with Gasteiger partial charge in [0, 0.05) is 30.0 Å². The smallest absolute Gasteiger partial charge is 0.233 e. The minimum Gasteiger partial charge on any atom is -0.341 e. The number of carbonyl (C=O) groups is 1. The van der Waals surface area contributed by atoms with Crippen LogP contribution in [0.25, 0.3) is 0 Å². The Hall–Kier alpha value is -3.19. The van der Waals surface area contributed by atoms with Gasteiger partial charge in [0.1, 0.15) is 0 Å². The van der Waals surface area contributed by atoms with E-state index in [2.05, 4.69) is 56.5 Å². The van der Waals surface area contributed by atoms with Crippen LogP contribution in [0.15, 0.2) is 42.5 Å². The summed E-state index contributed by atoms with van der Waals surface area (Å²) in [6, 6.07) is 13.5. The van der Waals surface area contributed by atoms with Gasteiger partial charge in [-0.3, -0.25) is 4.79 Å². The Bertz CT molecular complexity index is 1080. The summed E-state index contributed by atoms with van der Waals surface area (Å²) in [5, 5.41) is 6.54. The first kappa shape index (κ1) is 22.5. The van der Waals surface area contributed by atoms with Gasteiger partial charge >= 0.3 is 0 Å². The molecule has 0 unspecified atom stereocenters. The van der Waals surface area contributed by atoms with E-state index >= 15 is 0 Å². The van der Waals surface area contributed by atoms with Crippen molar-refractivity contribution in [3.8, 4) is 0 Å². The summed E-state index contributed by atoms with van der Waals surface area (Å²) in [6.07, 6.45) is 2.27. The number of nitrogens with one attached hydrogen (secondary N) is 2. The Morgan fingerprint density at radius 3 is 2.13 bits per heavy atom. The van der Waals surface area contributed by atoms with Crippen LogP contribution in [-0.2, 0) is 0 Å². The van der Waals surface area contributed by atoms with E-state index < -0.39 is 0 Å². The van der Waals surface area contributed by atoms with Gasteiger partial charge in [0.05, 0.1) is 0 Å². The van der Waals surface area contributed by atoms with Crippen LogP contribution >= 0.6 is 12.4 Å². The molecule has 4 rings (SSSR count). The number of halogens is 1. The molecule has 2 aromatic carbocycles. The minimum atomic E-state index is 0. The van der Waals surface area contributed by atoms with Gasteiger partial charge in [-0.1, -0.05) is 18.2 Å². The molecule has 31 heavy (non-hydrogen) atoms. The average molecular weight is 439 g/mol. The number of aryl methyl sites for hydroxylation is 2. The van der Waals surface area contributed by atoms with Crippen LogP contribution in [0.1, 0.15) is 41.3 Å². The molecule has 2 N–H and O–H groups in total. The van der Waals surface area contributed by atoms with E-state index in [-0.39, 0.29) is 18.2 Å². The Morgan fingerprint density at radius 2 is 1.52 bits per heavy atom. The maximum absolute atomic E-state index is 11.7. The van der Waals surface area contributed by atoms with Gasteiger partial charge in [-0.25, -0.2) is 0 Å². The van der Waals surface area contributed by atoms with Gasteiger partial charge in [-0.15, -0.1) is 12.4 Å². The van der Waals surface area contributed by atoms with E-state index in [1.54, 1.807) is 19.1 Å². The zero-order valence-electron chi connectivity index (χ0n) is 18.0. The summed E-state index contributed by atoms with van der Waals surface area (Å²) in [4.78, 5) is 27.7. The molecule has 1 saturated heterocycles. The number of Topliss-reactive ketones (excluding diaryl/α,β-unsaturated/α-hetero) is 1. The summed E-state index contributed by atoms with van der Waals surface area (Å²) in [5.41, 5.74) is 4.77. The fraction of sp³-hybridized carbons (Fsp3) is 0.304. The van der Waals surface area contributed by atoms with Crippen LogP contribution in [0.3, 0.4) is 0 Å². The number of anilines is 5. The molecule has 0 atom stereocenters. The van der Waals surface area contributed by atoms with Crippen molar-refractivity contribution >= 4 is 47.4 Å². The summed E-state index contributed by atoms with van der Waals surface area (Å²) in [7, 11) is 0. The number of ketones is 1. The molecule has 0 radical (unpaired) electrons. The Morgan fingerprint density at radius 1 is 0.871 bits per heavy atom. The zero-order valence-corrected chi connectivity index (χ0v) is 18.8. The van der Waals surface area contributed by atoms with E-state index in [4.69, 9.17) is 0 Å². The summed E-state index contributed by atoms with van der Waals surface area (Å²) in [5.74, 6) is 1.60. The van der Waals surface area contributed by atoms with Crippen LogP contribution in [0.2, 0.25) is 0 Å². The normalized spacial score (nSPS) is 12.9.